The molecule has 60 heavy (non-hydrogen) atoms. The minimum atomic E-state index is -4.60. The summed E-state index contributed by atoms with van der Waals surface area (Å²) < 4.78 is 23.2. The highest BCUT2D eigenvalue weighted by Gasteiger charge is 2.23. The zero-order valence-corrected chi connectivity index (χ0v) is 40.8. The van der Waals surface area contributed by atoms with Gasteiger partial charge in [-0.1, -0.05) is 204 Å². The van der Waals surface area contributed by atoms with Crippen molar-refractivity contribution in [2.24, 2.45) is 0 Å². The second-order valence-electron chi connectivity index (χ2n) is 18.2. The molecule has 0 saturated heterocycles. The van der Waals surface area contributed by atoms with E-state index < -0.39 is 26.6 Å². The first kappa shape index (κ1) is 58.5. The van der Waals surface area contributed by atoms with E-state index in [1.807, 2.05) is 27.2 Å². The van der Waals surface area contributed by atoms with Gasteiger partial charge in [-0.25, -0.2) is 0 Å². The maximum atomic E-state index is 12.8. The zero-order valence-electron chi connectivity index (χ0n) is 39.9. The second-order valence-corrected chi connectivity index (χ2v) is 19.6. The fraction of sp³-hybridized carbons (Fsp3) is 0.824. The van der Waals surface area contributed by atoms with Crippen molar-refractivity contribution in [3.8, 4) is 0 Å². The van der Waals surface area contributed by atoms with Crippen molar-refractivity contribution in [2.45, 2.75) is 231 Å². The van der Waals surface area contributed by atoms with Crippen LogP contribution in [-0.2, 0) is 18.4 Å². The number of carbonyl (C=O) groups is 1. The Bertz CT molecular complexity index is 1120. The molecule has 3 atom stereocenters. The minimum Gasteiger partial charge on any atom is -0.756 e. The summed E-state index contributed by atoms with van der Waals surface area (Å²) in [5, 5.41) is 13.8. The number of hydrogen-bond donors (Lipinski definition) is 2. The Morgan fingerprint density at radius 3 is 1.52 bits per heavy atom. The van der Waals surface area contributed by atoms with Crippen molar-refractivity contribution in [1.82, 2.24) is 5.32 Å². The fourth-order valence-electron chi connectivity index (χ4n) is 7.03. The molecule has 0 aromatic carbocycles. The molecule has 0 heterocycles. The van der Waals surface area contributed by atoms with Gasteiger partial charge in [-0.3, -0.25) is 9.36 Å². The van der Waals surface area contributed by atoms with Crippen molar-refractivity contribution in [3.05, 3.63) is 48.6 Å². The quantitative estimate of drug-likeness (QED) is 0.0273. The van der Waals surface area contributed by atoms with Gasteiger partial charge in [0.15, 0.2) is 0 Å². The molecule has 352 valence electrons. The number of rotatable bonds is 45. The van der Waals surface area contributed by atoms with Crippen LogP contribution in [0.15, 0.2) is 48.6 Å². The molecule has 8 nitrogen and oxygen atoms in total. The van der Waals surface area contributed by atoms with E-state index in [1.165, 1.54) is 128 Å². The summed E-state index contributed by atoms with van der Waals surface area (Å²) in [6.45, 7) is 4.55. The van der Waals surface area contributed by atoms with Gasteiger partial charge >= 0.3 is 0 Å². The highest BCUT2D eigenvalue weighted by molar-refractivity contribution is 7.45. The van der Waals surface area contributed by atoms with E-state index in [0.717, 1.165) is 70.6 Å². The first-order valence-corrected chi connectivity index (χ1v) is 26.5. The van der Waals surface area contributed by atoms with E-state index in [1.54, 1.807) is 6.08 Å². The third-order valence-corrected chi connectivity index (χ3v) is 12.0. The normalized spacial score (nSPS) is 14.6. The molecule has 3 unspecified atom stereocenters. The van der Waals surface area contributed by atoms with Crippen LogP contribution >= 0.6 is 7.82 Å². The van der Waals surface area contributed by atoms with Crippen LogP contribution in [-0.4, -0.2) is 68.5 Å². The predicted octanol–water partition coefficient (Wildman–Crippen LogP) is 13.8. The van der Waals surface area contributed by atoms with E-state index >= 15 is 0 Å². The summed E-state index contributed by atoms with van der Waals surface area (Å²) >= 11 is 0. The van der Waals surface area contributed by atoms with Gasteiger partial charge in [0.05, 0.1) is 39.9 Å². The average Bonchev–Trinajstić information content (AvgIpc) is 3.20. The smallest absolute Gasteiger partial charge is 0.268 e. The van der Waals surface area contributed by atoms with Crippen molar-refractivity contribution < 1.29 is 32.9 Å². The third kappa shape index (κ3) is 44.5. The van der Waals surface area contributed by atoms with Gasteiger partial charge in [0.25, 0.3) is 7.82 Å². The SMILES string of the molecule is CCC/C=C\C/C=C\CCCCCCCC(=O)NC(COP(=O)([O-])OCC[N+](C)(C)C)C(O)/C=C/CC/C=C/CCCCCCCCCCCCCCCCCCCCC. The number of carbonyl (C=O) groups excluding carboxylic acids is 1. The number of nitrogens with one attached hydrogen (secondary N) is 1. The maximum absolute atomic E-state index is 12.8. The number of hydrogen-bond acceptors (Lipinski definition) is 6. The number of aliphatic hydroxyl groups is 1. The number of unbranched alkanes of at least 4 members (excludes halogenated alkanes) is 26. The van der Waals surface area contributed by atoms with Crippen LogP contribution in [0.25, 0.3) is 0 Å². The zero-order chi connectivity index (χ0) is 44.3. The molecule has 0 saturated carbocycles. The molecule has 9 heteroatoms. The van der Waals surface area contributed by atoms with E-state index in [4.69, 9.17) is 9.05 Å². The summed E-state index contributed by atoms with van der Waals surface area (Å²) in [5.41, 5.74) is 0. The van der Waals surface area contributed by atoms with E-state index in [9.17, 15) is 19.4 Å². The third-order valence-electron chi connectivity index (χ3n) is 11.0. The van der Waals surface area contributed by atoms with E-state index in [0.29, 0.717) is 17.4 Å². The van der Waals surface area contributed by atoms with Crippen LogP contribution in [0.1, 0.15) is 219 Å². The molecule has 0 fully saturated rings. The number of amides is 1. The number of allylic oxidation sites excluding steroid dienone is 7. The molecule has 1 amide bonds. The Kier molecular flexibility index (Phi) is 41.6. The highest BCUT2D eigenvalue weighted by atomic mass is 31.2. The standard InChI is InChI=1S/C51H97N2O6P/c1-6-8-10-12-14-16-18-20-21-22-23-24-25-26-27-28-29-30-31-33-34-36-38-40-42-44-50(54)49(48-59-60(56,57)58-47-46-53(3,4)5)52-51(55)45-43-41-39-37-35-32-19-17-15-13-11-9-7-2/h11,13,17,19,34,36,42,44,49-50,54H,6-10,12,14-16,18,20-33,35,37-41,43,45-48H2,1-5H3,(H-,52,55,56,57)/b13-11-,19-17-,36-34+,44-42+. The van der Waals surface area contributed by atoms with Crippen molar-refractivity contribution in [1.29, 1.82) is 0 Å². The lowest BCUT2D eigenvalue weighted by molar-refractivity contribution is -0.870. The topological polar surface area (TPSA) is 108 Å². The molecule has 0 aromatic rings. The van der Waals surface area contributed by atoms with Crippen LogP contribution in [0.5, 0.6) is 0 Å². The van der Waals surface area contributed by atoms with Gasteiger partial charge in [-0.2, -0.15) is 0 Å². The van der Waals surface area contributed by atoms with Gasteiger partial charge in [-0.15, -0.1) is 0 Å². The molecule has 0 radical (unpaired) electrons. The summed E-state index contributed by atoms with van der Waals surface area (Å²) in [5.74, 6) is -0.223. The Hall–Kier alpha value is -1.54. The lowest BCUT2D eigenvalue weighted by atomic mass is 10.0. The van der Waals surface area contributed by atoms with Crippen LogP contribution in [0, 0.1) is 0 Å². The molecule has 0 aliphatic carbocycles. The molecular formula is C51H97N2O6P. The van der Waals surface area contributed by atoms with Crippen molar-refractivity contribution in [3.63, 3.8) is 0 Å². The van der Waals surface area contributed by atoms with Crippen LogP contribution in [0.4, 0.5) is 0 Å². The average molecular weight is 865 g/mol. The molecule has 0 spiro atoms. The number of likely N-dealkylation sites (N-methyl/N-ethyl adjacent to an activating group) is 1. The number of nitrogens with zero attached hydrogens (tertiary/aromatic N) is 1. The number of quaternary nitrogens is 1. The molecule has 0 bridgehead atoms. The molecule has 0 rings (SSSR count). The number of aliphatic hydroxyl groups excluding tert-OH is 1. The maximum Gasteiger partial charge on any atom is 0.268 e. The van der Waals surface area contributed by atoms with E-state index in [2.05, 4.69) is 55.6 Å². The summed E-state index contributed by atoms with van der Waals surface area (Å²) in [6.07, 6.45) is 54.7. The molecule has 0 aliphatic rings. The molecule has 2 N–H and O–H groups in total. The summed E-state index contributed by atoms with van der Waals surface area (Å²) in [4.78, 5) is 25.3. The molecular weight excluding hydrogens is 768 g/mol. The minimum absolute atomic E-state index is 0.0104. The van der Waals surface area contributed by atoms with E-state index in [-0.39, 0.29) is 12.5 Å². The molecule has 0 aliphatic heterocycles. The number of phosphoric acid groups is 1. The second kappa shape index (κ2) is 42.7. The van der Waals surface area contributed by atoms with Crippen LogP contribution < -0.4 is 10.2 Å². The lowest BCUT2D eigenvalue weighted by Gasteiger charge is -2.29. The first-order chi connectivity index (χ1) is 29.0. The largest absolute Gasteiger partial charge is 0.756 e. The fourth-order valence-corrected chi connectivity index (χ4v) is 7.75. The van der Waals surface area contributed by atoms with Gasteiger partial charge in [-0.05, 0) is 57.8 Å². The van der Waals surface area contributed by atoms with Gasteiger partial charge in [0.2, 0.25) is 5.91 Å². The summed E-state index contributed by atoms with van der Waals surface area (Å²) in [6, 6.07) is -0.911. The molecule has 0 aromatic heterocycles. The Morgan fingerprint density at radius 1 is 0.583 bits per heavy atom. The van der Waals surface area contributed by atoms with Crippen LogP contribution in [0.2, 0.25) is 0 Å². The van der Waals surface area contributed by atoms with Gasteiger partial charge in [0.1, 0.15) is 13.2 Å². The number of phosphoric ester groups is 1. The van der Waals surface area contributed by atoms with Crippen molar-refractivity contribution >= 4 is 13.7 Å². The van der Waals surface area contributed by atoms with Gasteiger partial charge < -0.3 is 28.8 Å². The lowest BCUT2D eigenvalue weighted by Crippen LogP contribution is -2.45. The Morgan fingerprint density at radius 2 is 1.02 bits per heavy atom. The van der Waals surface area contributed by atoms with Gasteiger partial charge in [0, 0.05) is 6.42 Å². The van der Waals surface area contributed by atoms with Crippen LogP contribution in [0.3, 0.4) is 0 Å². The Balaban J connectivity index is 4.31. The summed E-state index contributed by atoms with van der Waals surface area (Å²) in [7, 11) is 1.23. The van der Waals surface area contributed by atoms with Crippen molar-refractivity contribution in [2.75, 3.05) is 40.9 Å². The Labute approximate surface area is 371 Å². The monoisotopic (exact) mass is 865 g/mol. The first-order valence-electron chi connectivity index (χ1n) is 25.0. The highest BCUT2D eigenvalue weighted by Crippen LogP contribution is 2.38. The predicted molar refractivity (Wildman–Crippen MR) is 256 cm³/mol.